The van der Waals surface area contributed by atoms with Crippen molar-refractivity contribution in [1.82, 2.24) is 4.57 Å². The Morgan fingerprint density at radius 3 is 2.33 bits per heavy atom. The standard InChI is InChI=1S/C19H19NO/c1-14(2)19-17(13-21)16-10-6-7-11-18(16)20(19)12-15-8-4-3-5-9-15/h3-11,13-14H,12H2,1-2H3. The second-order valence-electron chi connectivity index (χ2n) is 5.66. The molecular formula is C19H19NO. The molecule has 0 radical (unpaired) electrons. The summed E-state index contributed by atoms with van der Waals surface area (Å²) in [5.74, 6) is 0.307. The molecule has 0 aliphatic rings. The van der Waals surface area contributed by atoms with Gasteiger partial charge in [0, 0.05) is 28.7 Å². The van der Waals surface area contributed by atoms with Gasteiger partial charge in [-0.2, -0.15) is 0 Å². The van der Waals surface area contributed by atoms with Crippen LogP contribution < -0.4 is 0 Å². The summed E-state index contributed by atoms with van der Waals surface area (Å²) >= 11 is 0. The van der Waals surface area contributed by atoms with Crippen molar-refractivity contribution in [3.63, 3.8) is 0 Å². The fourth-order valence-corrected chi connectivity index (χ4v) is 3.03. The molecule has 0 unspecified atom stereocenters. The molecule has 0 bridgehead atoms. The number of fused-ring (bicyclic) bond motifs is 1. The number of carbonyl (C=O) groups excluding carboxylic acids is 1. The highest BCUT2D eigenvalue weighted by molar-refractivity contribution is 5.99. The van der Waals surface area contributed by atoms with Gasteiger partial charge in [-0.1, -0.05) is 62.4 Å². The Morgan fingerprint density at radius 2 is 1.67 bits per heavy atom. The average molecular weight is 277 g/mol. The Morgan fingerprint density at radius 1 is 1.00 bits per heavy atom. The molecule has 0 saturated carbocycles. The van der Waals surface area contributed by atoms with Gasteiger partial charge in [-0.15, -0.1) is 0 Å². The predicted molar refractivity (Wildman–Crippen MR) is 87.0 cm³/mol. The number of para-hydroxylation sites is 1. The highest BCUT2D eigenvalue weighted by Gasteiger charge is 2.18. The molecule has 0 fully saturated rings. The SMILES string of the molecule is CC(C)c1c(C=O)c2ccccc2n1Cc1ccccc1. The Hall–Kier alpha value is -2.35. The minimum absolute atomic E-state index is 0.307. The van der Waals surface area contributed by atoms with Crippen LogP contribution in [0.5, 0.6) is 0 Å². The Balaban J connectivity index is 2.24. The smallest absolute Gasteiger partial charge is 0.152 e. The normalized spacial score (nSPS) is 11.2. The molecule has 1 heterocycles. The number of aldehydes is 1. The van der Waals surface area contributed by atoms with Crippen LogP contribution in [0.15, 0.2) is 54.6 Å². The zero-order chi connectivity index (χ0) is 14.8. The summed E-state index contributed by atoms with van der Waals surface area (Å²) < 4.78 is 2.28. The lowest BCUT2D eigenvalue weighted by molar-refractivity contribution is 0.112. The average Bonchev–Trinajstić information content (AvgIpc) is 2.82. The summed E-state index contributed by atoms with van der Waals surface area (Å²) in [6, 6.07) is 18.5. The van der Waals surface area contributed by atoms with Gasteiger partial charge in [0.05, 0.1) is 0 Å². The summed E-state index contributed by atoms with van der Waals surface area (Å²) in [5, 5.41) is 1.05. The van der Waals surface area contributed by atoms with Crippen LogP contribution in [-0.2, 0) is 6.54 Å². The fraction of sp³-hybridized carbons (Fsp3) is 0.211. The third-order valence-corrected chi connectivity index (χ3v) is 3.90. The molecule has 0 N–H and O–H groups in total. The van der Waals surface area contributed by atoms with Crippen LogP contribution in [0.1, 0.15) is 41.4 Å². The minimum Gasteiger partial charge on any atom is -0.339 e. The van der Waals surface area contributed by atoms with Gasteiger partial charge < -0.3 is 4.57 Å². The number of aromatic nitrogens is 1. The Kier molecular flexibility index (Phi) is 3.61. The molecule has 2 aromatic carbocycles. The second kappa shape index (κ2) is 5.57. The molecule has 3 rings (SSSR count). The van der Waals surface area contributed by atoms with Gasteiger partial charge in [-0.25, -0.2) is 0 Å². The third-order valence-electron chi connectivity index (χ3n) is 3.90. The van der Waals surface area contributed by atoms with Crippen molar-refractivity contribution in [2.24, 2.45) is 0 Å². The quantitative estimate of drug-likeness (QED) is 0.637. The summed E-state index contributed by atoms with van der Waals surface area (Å²) in [6.45, 7) is 5.08. The van der Waals surface area contributed by atoms with E-state index in [1.54, 1.807) is 0 Å². The van der Waals surface area contributed by atoms with E-state index < -0.39 is 0 Å². The second-order valence-corrected chi connectivity index (χ2v) is 5.66. The first kappa shape index (κ1) is 13.6. The number of rotatable bonds is 4. The number of nitrogens with zero attached hydrogens (tertiary/aromatic N) is 1. The maximum Gasteiger partial charge on any atom is 0.152 e. The molecule has 1 aromatic heterocycles. The fourth-order valence-electron chi connectivity index (χ4n) is 3.03. The lowest BCUT2D eigenvalue weighted by Crippen LogP contribution is -2.07. The maximum atomic E-state index is 11.6. The van der Waals surface area contributed by atoms with Gasteiger partial charge in [0.2, 0.25) is 0 Å². The van der Waals surface area contributed by atoms with E-state index in [0.717, 1.165) is 35.0 Å². The zero-order valence-electron chi connectivity index (χ0n) is 12.4. The largest absolute Gasteiger partial charge is 0.339 e. The van der Waals surface area contributed by atoms with Crippen molar-refractivity contribution >= 4 is 17.2 Å². The van der Waals surface area contributed by atoms with Crippen LogP contribution in [0.25, 0.3) is 10.9 Å². The molecule has 2 heteroatoms. The minimum atomic E-state index is 0.307. The van der Waals surface area contributed by atoms with Crippen molar-refractivity contribution in [1.29, 1.82) is 0 Å². The summed E-state index contributed by atoms with van der Waals surface area (Å²) in [4.78, 5) is 11.6. The van der Waals surface area contributed by atoms with Gasteiger partial charge in [-0.05, 0) is 17.5 Å². The van der Waals surface area contributed by atoms with Crippen molar-refractivity contribution in [3.05, 3.63) is 71.4 Å². The van der Waals surface area contributed by atoms with Crippen molar-refractivity contribution in [2.75, 3.05) is 0 Å². The van der Waals surface area contributed by atoms with Gasteiger partial charge in [0.25, 0.3) is 0 Å². The monoisotopic (exact) mass is 277 g/mol. The zero-order valence-corrected chi connectivity index (χ0v) is 12.4. The molecule has 0 aliphatic carbocycles. The summed E-state index contributed by atoms with van der Waals surface area (Å²) in [6.07, 6.45) is 0.999. The molecular weight excluding hydrogens is 258 g/mol. The highest BCUT2D eigenvalue weighted by atomic mass is 16.1. The maximum absolute atomic E-state index is 11.6. The van der Waals surface area contributed by atoms with E-state index in [4.69, 9.17) is 0 Å². The molecule has 0 aliphatic heterocycles. The molecule has 2 nitrogen and oxygen atoms in total. The first-order valence-electron chi connectivity index (χ1n) is 7.32. The molecule has 0 spiro atoms. The third kappa shape index (κ3) is 2.38. The van der Waals surface area contributed by atoms with E-state index in [2.05, 4.69) is 48.7 Å². The molecule has 0 atom stereocenters. The topological polar surface area (TPSA) is 22.0 Å². The van der Waals surface area contributed by atoms with Gasteiger partial charge >= 0.3 is 0 Å². The van der Waals surface area contributed by atoms with E-state index in [0.29, 0.717) is 5.92 Å². The Labute approximate surface area is 125 Å². The highest BCUT2D eigenvalue weighted by Crippen LogP contribution is 2.30. The van der Waals surface area contributed by atoms with E-state index in [1.807, 2.05) is 24.3 Å². The van der Waals surface area contributed by atoms with E-state index >= 15 is 0 Å². The van der Waals surface area contributed by atoms with Crippen LogP contribution in [0.2, 0.25) is 0 Å². The molecule has 21 heavy (non-hydrogen) atoms. The van der Waals surface area contributed by atoms with Gasteiger partial charge in [0.15, 0.2) is 6.29 Å². The summed E-state index contributed by atoms with van der Waals surface area (Å²) in [5.41, 5.74) is 4.33. The molecule has 0 saturated heterocycles. The first-order valence-corrected chi connectivity index (χ1v) is 7.32. The lowest BCUT2D eigenvalue weighted by atomic mass is 10.0. The number of hydrogen-bond donors (Lipinski definition) is 0. The number of benzene rings is 2. The van der Waals surface area contributed by atoms with Crippen LogP contribution >= 0.6 is 0 Å². The molecule has 3 aromatic rings. The van der Waals surface area contributed by atoms with Gasteiger partial charge in [0.1, 0.15) is 0 Å². The van der Waals surface area contributed by atoms with Gasteiger partial charge in [-0.3, -0.25) is 4.79 Å². The number of carbonyl (C=O) groups is 1. The van der Waals surface area contributed by atoms with E-state index in [9.17, 15) is 4.79 Å². The number of hydrogen-bond acceptors (Lipinski definition) is 1. The van der Waals surface area contributed by atoms with Crippen LogP contribution in [0, 0.1) is 0 Å². The van der Waals surface area contributed by atoms with Crippen LogP contribution in [-0.4, -0.2) is 10.9 Å². The van der Waals surface area contributed by atoms with Crippen molar-refractivity contribution < 1.29 is 4.79 Å². The van der Waals surface area contributed by atoms with Crippen LogP contribution in [0.3, 0.4) is 0 Å². The van der Waals surface area contributed by atoms with Crippen molar-refractivity contribution in [2.45, 2.75) is 26.3 Å². The summed E-state index contributed by atoms with van der Waals surface area (Å²) in [7, 11) is 0. The lowest BCUT2D eigenvalue weighted by Gasteiger charge is -2.14. The molecule has 0 amide bonds. The molecule has 106 valence electrons. The van der Waals surface area contributed by atoms with E-state index in [-0.39, 0.29) is 0 Å². The van der Waals surface area contributed by atoms with Crippen LogP contribution in [0.4, 0.5) is 0 Å². The van der Waals surface area contributed by atoms with Crippen molar-refractivity contribution in [3.8, 4) is 0 Å². The predicted octanol–water partition coefficient (Wildman–Crippen LogP) is 4.63. The Bertz CT molecular complexity index is 769. The first-order chi connectivity index (χ1) is 10.2. The van der Waals surface area contributed by atoms with E-state index in [1.165, 1.54) is 5.56 Å².